The highest BCUT2D eigenvalue weighted by Crippen LogP contribution is 2.20. The van der Waals surface area contributed by atoms with Gasteiger partial charge in [-0.1, -0.05) is 39.8 Å². The van der Waals surface area contributed by atoms with E-state index >= 15 is 0 Å². The summed E-state index contributed by atoms with van der Waals surface area (Å²) in [7, 11) is 0. The molecule has 0 unspecified atom stereocenters. The van der Waals surface area contributed by atoms with Crippen molar-refractivity contribution in [3.63, 3.8) is 0 Å². The Labute approximate surface area is 114 Å². The van der Waals surface area contributed by atoms with Crippen molar-refractivity contribution in [3.8, 4) is 0 Å². The van der Waals surface area contributed by atoms with Gasteiger partial charge in [-0.3, -0.25) is 5.10 Å². The largest absolute Gasteiger partial charge is 0.323 e. The van der Waals surface area contributed by atoms with Gasteiger partial charge in [-0.05, 0) is 29.5 Å². The quantitative estimate of drug-likeness (QED) is 0.856. The van der Waals surface area contributed by atoms with Gasteiger partial charge in [0.1, 0.15) is 5.82 Å². The molecular weight excluding hydrogens is 236 g/mol. The van der Waals surface area contributed by atoms with E-state index in [9.17, 15) is 0 Å². The summed E-state index contributed by atoms with van der Waals surface area (Å²) in [5, 5.41) is 10.4. The van der Waals surface area contributed by atoms with Crippen molar-refractivity contribution in [2.24, 2.45) is 5.92 Å². The number of nitrogens with zero attached hydrogens (tertiary/aromatic N) is 2. The Morgan fingerprint density at radius 3 is 2.68 bits per heavy atom. The molecule has 0 fully saturated rings. The van der Waals surface area contributed by atoms with Crippen molar-refractivity contribution in [1.82, 2.24) is 15.2 Å². The highest BCUT2D eigenvalue weighted by molar-refractivity contribution is 5.54. The van der Waals surface area contributed by atoms with Crippen LogP contribution in [0.15, 0.2) is 24.3 Å². The van der Waals surface area contributed by atoms with E-state index < -0.39 is 0 Å². The molecule has 4 nitrogen and oxygen atoms in total. The highest BCUT2D eigenvalue weighted by atomic mass is 15.3. The van der Waals surface area contributed by atoms with Gasteiger partial charge >= 0.3 is 0 Å². The molecule has 19 heavy (non-hydrogen) atoms. The molecule has 0 saturated carbocycles. The van der Waals surface area contributed by atoms with Gasteiger partial charge in [-0.25, -0.2) is 0 Å². The number of hydrogen-bond donors (Lipinski definition) is 2. The van der Waals surface area contributed by atoms with Crippen LogP contribution in [0.1, 0.15) is 45.0 Å². The molecule has 0 atom stereocenters. The number of benzene rings is 1. The molecule has 0 aliphatic carbocycles. The second kappa shape index (κ2) is 5.87. The molecule has 0 aliphatic heterocycles. The molecule has 1 heterocycles. The fourth-order valence-corrected chi connectivity index (χ4v) is 1.93. The van der Waals surface area contributed by atoms with Crippen LogP contribution in [0, 0.1) is 5.92 Å². The standard InChI is InChI=1S/C15H22N4/c1-10(2)8-14-17-15(19-18-14)16-13-7-5-6-12(9-13)11(3)4/h5-7,9-11H,8H2,1-4H3,(H2,16,17,18,19). The minimum absolute atomic E-state index is 0.519. The smallest absolute Gasteiger partial charge is 0.246 e. The summed E-state index contributed by atoms with van der Waals surface area (Å²) in [6, 6.07) is 8.37. The summed E-state index contributed by atoms with van der Waals surface area (Å²) < 4.78 is 0. The second-order valence-electron chi connectivity index (χ2n) is 5.61. The third kappa shape index (κ3) is 3.81. The lowest BCUT2D eigenvalue weighted by atomic mass is 10.0. The Hall–Kier alpha value is -1.84. The van der Waals surface area contributed by atoms with Gasteiger partial charge < -0.3 is 5.32 Å². The number of H-pyrrole nitrogens is 1. The molecule has 0 amide bonds. The zero-order valence-corrected chi connectivity index (χ0v) is 12.1. The number of rotatable bonds is 5. The number of aromatic amines is 1. The number of anilines is 2. The summed E-state index contributed by atoms with van der Waals surface area (Å²) in [5.74, 6) is 2.66. The molecule has 0 spiro atoms. The van der Waals surface area contributed by atoms with Gasteiger partial charge in [0, 0.05) is 12.1 Å². The molecule has 0 saturated heterocycles. The summed E-state index contributed by atoms with van der Waals surface area (Å²) >= 11 is 0. The number of nitrogens with one attached hydrogen (secondary N) is 2. The van der Waals surface area contributed by atoms with E-state index in [1.54, 1.807) is 0 Å². The molecule has 102 valence electrons. The minimum Gasteiger partial charge on any atom is -0.323 e. The lowest BCUT2D eigenvalue weighted by molar-refractivity contribution is 0.623. The average Bonchev–Trinajstić information content (AvgIpc) is 2.76. The molecule has 2 rings (SSSR count). The maximum Gasteiger partial charge on any atom is 0.246 e. The van der Waals surface area contributed by atoms with Crippen molar-refractivity contribution in [1.29, 1.82) is 0 Å². The SMILES string of the molecule is CC(C)Cc1nc(Nc2cccc(C(C)C)c2)n[nH]1. The molecule has 2 N–H and O–H groups in total. The Bertz CT molecular complexity index is 528. The van der Waals surface area contributed by atoms with Crippen LogP contribution in [-0.2, 0) is 6.42 Å². The van der Waals surface area contributed by atoms with E-state index in [1.807, 2.05) is 6.07 Å². The molecule has 0 radical (unpaired) electrons. The van der Waals surface area contributed by atoms with Gasteiger partial charge in [0.15, 0.2) is 0 Å². The summed E-state index contributed by atoms with van der Waals surface area (Å²) in [6.07, 6.45) is 0.917. The second-order valence-corrected chi connectivity index (χ2v) is 5.61. The van der Waals surface area contributed by atoms with Crippen molar-refractivity contribution in [2.45, 2.75) is 40.0 Å². The van der Waals surface area contributed by atoms with E-state index in [4.69, 9.17) is 0 Å². The van der Waals surface area contributed by atoms with Crippen molar-refractivity contribution < 1.29 is 0 Å². The van der Waals surface area contributed by atoms with Crippen LogP contribution in [0.4, 0.5) is 11.6 Å². The molecule has 4 heteroatoms. The van der Waals surface area contributed by atoms with Crippen LogP contribution < -0.4 is 5.32 Å². The first-order valence-electron chi connectivity index (χ1n) is 6.83. The van der Waals surface area contributed by atoms with Crippen LogP contribution in [-0.4, -0.2) is 15.2 Å². The first-order chi connectivity index (χ1) is 9.04. The van der Waals surface area contributed by atoms with Crippen LogP contribution in [0.3, 0.4) is 0 Å². The van der Waals surface area contributed by atoms with Crippen molar-refractivity contribution >= 4 is 11.6 Å². The normalized spacial score (nSPS) is 11.3. The van der Waals surface area contributed by atoms with Gasteiger partial charge in [0.05, 0.1) is 0 Å². The van der Waals surface area contributed by atoms with Crippen molar-refractivity contribution in [3.05, 3.63) is 35.7 Å². The lowest BCUT2D eigenvalue weighted by Crippen LogP contribution is -1.97. The fourth-order valence-electron chi connectivity index (χ4n) is 1.93. The first kappa shape index (κ1) is 13.6. The molecule has 1 aromatic carbocycles. The highest BCUT2D eigenvalue weighted by Gasteiger charge is 2.06. The molecule has 2 aromatic rings. The average molecular weight is 258 g/mol. The predicted octanol–water partition coefficient (Wildman–Crippen LogP) is 3.87. The van der Waals surface area contributed by atoms with Gasteiger partial charge in [-0.15, -0.1) is 5.10 Å². The zero-order valence-electron chi connectivity index (χ0n) is 12.1. The predicted molar refractivity (Wildman–Crippen MR) is 78.7 cm³/mol. The monoisotopic (exact) mass is 258 g/mol. The topological polar surface area (TPSA) is 53.6 Å². The maximum absolute atomic E-state index is 4.44. The Morgan fingerprint density at radius 1 is 1.21 bits per heavy atom. The minimum atomic E-state index is 0.519. The van der Waals surface area contributed by atoms with Gasteiger partial charge in [0.25, 0.3) is 0 Å². The summed E-state index contributed by atoms with van der Waals surface area (Å²) in [5.41, 5.74) is 2.34. The van der Waals surface area contributed by atoms with E-state index in [0.29, 0.717) is 17.8 Å². The molecule has 1 aromatic heterocycles. The maximum atomic E-state index is 4.44. The first-order valence-corrected chi connectivity index (χ1v) is 6.83. The Kier molecular flexibility index (Phi) is 4.20. The van der Waals surface area contributed by atoms with E-state index in [2.05, 4.69) is 66.4 Å². The molecule has 0 aliphatic rings. The zero-order chi connectivity index (χ0) is 13.8. The van der Waals surface area contributed by atoms with Crippen LogP contribution in [0.2, 0.25) is 0 Å². The fraction of sp³-hybridized carbons (Fsp3) is 0.467. The van der Waals surface area contributed by atoms with E-state index in [0.717, 1.165) is 17.9 Å². The van der Waals surface area contributed by atoms with Gasteiger partial charge in [-0.2, -0.15) is 4.98 Å². The summed E-state index contributed by atoms with van der Waals surface area (Å²) in [4.78, 5) is 4.44. The van der Waals surface area contributed by atoms with Crippen LogP contribution in [0.5, 0.6) is 0 Å². The van der Waals surface area contributed by atoms with Gasteiger partial charge in [0.2, 0.25) is 5.95 Å². The van der Waals surface area contributed by atoms with Crippen LogP contribution >= 0.6 is 0 Å². The third-order valence-corrected chi connectivity index (χ3v) is 2.94. The lowest BCUT2D eigenvalue weighted by Gasteiger charge is -2.08. The Balaban J connectivity index is 2.08. The molecular formula is C15H22N4. The number of hydrogen-bond acceptors (Lipinski definition) is 3. The van der Waals surface area contributed by atoms with Crippen molar-refractivity contribution in [2.75, 3.05) is 5.32 Å². The summed E-state index contributed by atoms with van der Waals surface area (Å²) in [6.45, 7) is 8.71. The Morgan fingerprint density at radius 2 is 2.00 bits per heavy atom. The molecule has 0 bridgehead atoms. The van der Waals surface area contributed by atoms with Crippen LogP contribution in [0.25, 0.3) is 0 Å². The van der Waals surface area contributed by atoms with E-state index in [-0.39, 0.29) is 0 Å². The van der Waals surface area contributed by atoms with E-state index in [1.165, 1.54) is 5.56 Å². The third-order valence-electron chi connectivity index (χ3n) is 2.94. The number of aromatic nitrogens is 3.